The fourth-order valence-corrected chi connectivity index (χ4v) is 4.22. The second-order valence-electron chi connectivity index (χ2n) is 5.52. The summed E-state index contributed by atoms with van der Waals surface area (Å²) in [5.74, 6) is -0.509. The Labute approximate surface area is 136 Å². The highest BCUT2D eigenvalue weighted by atomic mass is 32.2. The van der Waals surface area contributed by atoms with Crippen molar-refractivity contribution in [2.24, 2.45) is 0 Å². The van der Waals surface area contributed by atoms with Gasteiger partial charge in [0.15, 0.2) is 0 Å². The molecule has 0 spiro atoms. The van der Waals surface area contributed by atoms with Crippen molar-refractivity contribution in [3.8, 4) is 0 Å². The first-order valence-electron chi connectivity index (χ1n) is 7.37. The predicted octanol–water partition coefficient (Wildman–Crippen LogP) is 3.21. The quantitative estimate of drug-likeness (QED) is 0.870. The lowest BCUT2D eigenvalue weighted by molar-refractivity contribution is -0.123. The number of nitrogens with zero attached hydrogens (tertiary/aromatic N) is 1. The van der Waals surface area contributed by atoms with E-state index < -0.39 is 22.0 Å². The molecule has 0 bridgehead atoms. The predicted molar refractivity (Wildman–Crippen MR) is 88.2 cm³/mol. The van der Waals surface area contributed by atoms with Crippen LogP contribution in [0.2, 0.25) is 0 Å². The van der Waals surface area contributed by atoms with Crippen LogP contribution in [0.15, 0.2) is 71.6 Å². The van der Waals surface area contributed by atoms with Gasteiger partial charge in [0.2, 0.25) is 0 Å². The second-order valence-corrected chi connectivity index (χ2v) is 7.33. The normalized spacial score (nSPS) is 18.2. The van der Waals surface area contributed by atoms with Crippen LogP contribution >= 0.6 is 0 Å². The largest absolute Gasteiger partial charge is 0.269 e. The highest BCUT2D eigenvalue weighted by molar-refractivity contribution is 7.89. The van der Waals surface area contributed by atoms with E-state index in [0.29, 0.717) is 6.42 Å². The zero-order valence-electron chi connectivity index (χ0n) is 12.7. The van der Waals surface area contributed by atoms with Crippen molar-refractivity contribution in [2.75, 3.05) is 0 Å². The molecule has 23 heavy (non-hydrogen) atoms. The van der Waals surface area contributed by atoms with Crippen molar-refractivity contribution in [2.45, 2.75) is 24.3 Å². The average molecular weight is 327 g/mol. The summed E-state index contributed by atoms with van der Waals surface area (Å²) in [7, 11) is -3.89. The van der Waals surface area contributed by atoms with Gasteiger partial charge in [0.1, 0.15) is 0 Å². The van der Waals surface area contributed by atoms with Crippen LogP contribution in [0.25, 0.3) is 0 Å². The Hall–Kier alpha value is -2.40. The summed E-state index contributed by atoms with van der Waals surface area (Å²) in [6, 6.07) is 15.3. The standard InChI is InChI=1S/C18H17NO3S/c1-14-10-12-16(13-11-14)23(21,22)19-17(8-5-9-18(19)20)15-6-3-2-4-7-15/h2-7,9-13,17H,8H2,1H3/t17-/m0/s1. The summed E-state index contributed by atoms with van der Waals surface area (Å²) >= 11 is 0. The van der Waals surface area contributed by atoms with Gasteiger partial charge in [-0.3, -0.25) is 4.79 Å². The van der Waals surface area contributed by atoms with Crippen molar-refractivity contribution < 1.29 is 13.2 Å². The molecule has 2 aromatic rings. The third-order valence-electron chi connectivity index (χ3n) is 3.88. The minimum absolute atomic E-state index is 0.132. The van der Waals surface area contributed by atoms with Gasteiger partial charge in [0.25, 0.3) is 15.9 Å². The minimum Gasteiger partial charge on any atom is -0.269 e. The first-order valence-corrected chi connectivity index (χ1v) is 8.81. The topological polar surface area (TPSA) is 54.5 Å². The Balaban J connectivity index is 2.08. The molecule has 118 valence electrons. The maximum atomic E-state index is 13.0. The molecule has 0 fully saturated rings. The molecule has 0 N–H and O–H groups in total. The number of hydrogen-bond acceptors (Lipinski definition) is 3. The third kappa shape index (κ3) is 2.92. The third-order valence-corrected chi connectivity index (χ3v) is 5.70. The van der Waals surface area contributed by atoms with Gasteiger partial charge in [0, 0.05) is 6.08 Å². The second kappa shape index (κ2) is 6.01. The van der Waals surface area contributed by atoms with Crippen LogP contribution in [-0.4, -0.2) is 18.6 Å². The molecule has 1 heterocycles. The fraction of sp³-hybridized carbons (Fsp3) is 0.167. The molecule has 0 unspecified atom stereocenters. The number of aryl methyl sites for hydroxylation is 1. The average Bonchev–Trinajstić information content (AvgIpc) is 2.55. The molecule has 2 aromatic carbocycles. The number of amides is 1. The molecule has 1 atom stereocenters. The zero-order valence-corrected chi connectivity index (χ0v) is 13.5. The summed E-state index contributed by atoms with van der Waals surface area (Å²) in [6.07, 6.45) is 3.52. The number of benzene rings is 2. The first kappa shape index (κ1) is 15.5. The van der Waals surface area contributed by atoms with E-state index in [9.17, 15) is 13.2 Å². The number of rotatable bonds is 3. The van der Waals surface area contributed by atoms with Gasteiger partial charge in [0.05, 0.1) is 10.9 Å². The van der Waals surface area contributed by atoms with E-state index in [1.165, 1.54) is 6.08 Å². The molecule has 1 aliphatic rings. The highest BCUT2D eigenvalue weighted by Crippen LogP contribution is 2.33. The number of hydrogen-bond donors (Lipinski definition) is 0. The van der Waals surface area contributed by atoms with Crippen LogP contribution in [0.4, 0.5) is 0 Å². The minimum atomic E-state index is -3.89. The van der Waals surface area contributed by atoms with Crippen molar-refractivity contribution in [1.29, 1.82) is 0 Å². The van der Waals surface area contributed by atoms with Crippen LogP contribution in [0.5, 0.6) is 0 Å². The summed E-state index contributed by atoms with van der Waals surface area (Å²) < 4.78 is 26.9. The highest BCUT2D eigenvalue weighted by Gasteiger charge is 2.36. The van der Waals surface area contributed by atoms with Crippen molar-refractivity contribution in [3.05, 3.63) is 77.9 Å². The maximum absolute atomic E-state index is 13.0. The summed E-state index contributed by atoms with van der Waals surface area (Å²) in [5.41, 5.74) is 1.77. The Bertz CT molecular complexity index is 840. The van der Waals surface area contributed by atoms with Gasteiger partial charge in [-0.15, -0.1) is 0 Å². The molecular formula is C18H17NO3S. The molecule has 0 saturated carbocycles. The van der Waals surface area contributed by atoms with E-state index in [-0.39, 0.29) is 4.90 Å². The van der Waals surface area contributed by atoms with Crippen LogP contribution < -0.4 is 0 Å². The summed E-state index contributed by atoms with van der Waals surface area (Å²) in [5, 5.41) is 0. The van der Waals surface area contributed by atoms with Crippen molar-refractivity contribution in [1.82, 2.24) is 4.31 Å². The van der Waals surface area contributed by atoms with Crippen LogP contribution in [0.1, 0.15) is 23.6 Å². The molecular weight excluding hydrogens is 310 g/mol. The lowest BCUT2D eigenvalue weighted by Crippen LogP contribution is -2.40. The molecule has 0 saturated heterocycles. The van der Waals surface area contributed by atoms with Crippen molar-refractivity contribution in [3.63, 3.8) is 0 Å². The Kier molecular flexibility index (Phi) is 4.05. The molecule has 1 aliphatic heterocycles. The van der Waals surface area contributed by atoms with Crippen LogP contribution in [0.3, 0.4) is 0 Å². The van der Waals surface area contributed by atoms with Gasteiger partial charge < -0.3 is 0 Å². The van der Waals surface area contributed by atoms with Gasteiger partial charge in [-0.2, -0.15) is 0 Å². The Morgan fingerprint density at radius 3 is 2.30 bits per heavy atom. The smallest absolute Gasteiger partial charge is 0.267 e. The maximum Gasteiger partial charge on any atom is 0.267 e. The van der Waals surface area contributed by atoms with Gasteiger partial charge in [-0.25, -0.2) is 12.7 Å². The summed E-state index contributed by atoms with van der Waals surface area (Å²) in [6.45, 7) is 1.89. The van der Waals surface area contributed by atoms with E-state index in [4.69, 9.17) is 0 Å². The molecule has 4 nitrogen and oxygen atoms in total. The van der Waals surface area contributed by atoms with Crippen LogP contribution in [-0.2, 0) is 14.8 Å². The molecule has 1 amide bonds. The Morgan fingerprint density at radius 1 is 1.00 bits per heavy atom. The molecule has 5 heteroatoms. The van der Waals surface area contributed by atoms with Gasteiger partial charge >= 0.3 is 0 Å². The number of carbonyl (C=O) groups is 1. The van der Waals surface area contributed by atoms with Gasteiger partial charge in [-0.1, -0.05) is 54.1 Å². The van der Waals surface area contributed by atoms with E-state index in [2.05, 4.69) is 0 Å². The zero-order chi connectivity index (χ0) is 16.4. The van der Waals surface area contributed by atoms with Crippen molar-refractivity contribution >= 4 is 15.9 Å². The molecule has 0 aromatic heterocycles. The SMILES string of the molecule is Cc1ccc(S(=O)(=O)N2C(=O)C=CC[C@H]2c2ccccc2)cc1. The molecule has 0 aliphatic carbocycles. The monoisotopic (exact) mass is 327 g/mol. The lowest BCUT2D eigenvalue weighted by atomic mass is 10.0. The van der Waals surface area contributed by atoms with E-state index in [1.807, 2.05) is 37.3 Å². The molecule has 3 rings (SSSR count). The Morgan fingerprint density at radius 2 is 1.65 bits per heavy atom. The number of sulfonamides is 1. The van der Waals surface area contributed by atoms with Gasteiger partial charge in [-0.05, 0) is 31.0 Å². The first-order chi connectivity index (χ1) is 11.0. The lowest BCUT2D eigenvalue weighted by Gasteiger charge is -2.32. The van der Waals surface area contributed by atoms with E-state index in [0.717, 1.165) is 15.4 Å². The van der Waals surface area contributed by atoms with Crippen LogP contribution in [0, 0.1) is 6.92 Å². The van der Waals surface area contributed by atoms with E-state index in [1.54, 1.807) is 30.3 Å². The fourth-order valence-electron chi connectivity index (χ4n) is 2.68. The molecule has 0 radical (unpaired) electrons. The summed E-state index contributed by atoms with van der Waals surface area (Å²) in [4.78, 5) is 12.5. The van der Waals surface area contributed by atoms with E-state index >= 15 is 0 Å². The number of carbonyl (C=O) groups excluding carboxylic acids is 1.